The second kappa shape index (κ2) is 9.28. The van der Waals surface area contributed by atoms with Gasteiger partial charge in [-0.15, -0.1) is 12.4 Å². The molecule has 2 N–H and O–H groups in total. The smallest absolute Gasteiger partial charge is 0.163 e. The number of nitrogens with zero attached hydrogens (tertiary/aromatic N) is 3. The lowest BCUT2D eigenvalue weighted by Crippen LogP contribution is -2.01. The number of phenolic OH excluding ortho intramolecular Hbond substituents is 1. The van der Waals surface area contributed by atoms with Crippen LogP contribution < -0.4 is 14.8 Å². The van der Waals surface area contributed by atoms with E-state index in [0.717, 1.165) is 22.3 Å². The van der Waals surface area contributed by atoms with Crippen LogP contribution in [0, 0.1) is 6.92 Å². The molecular formula is C22H21ClN4O3. The molecule has 0 atom stereocenters. The van der Waals surface area contributed by atoms with E-state index in [1.54, 1.807) is 19.4 Å². The van der Waals surface area contributed by atoms with Gasteiger partial charge < -0.3 is 19.9 Å². The summed E-state index contributed by atoms with van der Waals surface area (Å²) in [4.78, 5) is 13.0. The average molecular weight is 425 g/mol. The van der Waals surface area contributed by atoms with Gasteiger partial charge in [0, 0.05) is 29.4 Å². The maximum Gasteiger partial charge on any atom is 0.163 e. The molecule has 0 aliphatic rings. The average Bonchev–Trinajstić information content (AvgIpc) is 2.75. The van der Waals surface area contributed by atoms with Crippen LogP contribution in [0.5, 0.6) is 17.2 Å². The van der Waals surface area contributed by atoms with Gasteiger partial charge in [0.25, 0.3) is 0 Å². The van der Waals surface area contributed by atoms with Gasteiger partial charge in [0.05, 0.1) is 18.3 Å². The second-order valence-electron chi connectivity index (χ2n) is 6.48. The summed E-state index contributed by atoms with van der Waals surface area (Å²) in [5, 5.41) is 13.9. The zero-order valence-electron chi connectivity index (χ0n) is 16.5. The summed E-state index contributed by atoms with van der Waals surface area (Å²) in [6.07, 6.45) is 3.21. The van der Waals surface area contributed by atoms with Crippen molar-refractivity contribution in [2.24, 2.45) is 0 Å². The van der Waals surface area contributed by atoms with E-state index < -0.39 is 0 Å². The Balaban J connectivity index is 0.00000256. The number of anilines is 2. The molecule has 0 amide bonds. The maximum absolute atomic E-state index is 9.95. The lowest BCUT2D eigenvalue weighted by molar-refractivity contribution is 0.281. The van der Waals surface area contributed by atoms with Crippen LogP contribution in [0.25, 0.3) is 10.9 Å². The molecule has 0 fully saturated rings. The number of ether oxygens (including phenoxy) is 2. The highest BCUT2D eigenvalue weighted by Crippen LogP contribution is 2.35. The number of benzene rings is 2. The Hall–Kier alpha value is -3.58. The molecular weight excluding hydrogens is 404 g/mol. The first-order chi connectivity index (χ1) is 14.1. The number of aryl methyl sites for hydroxylation is 1. The number of methoxy groups -OCH3 is 1. The third-order valence-corrected chi connectivity index (χ3v) is 4.49. The van der Waals surface area contributed by atoms with E-state index >= 15 is 0 Å². The molecule has 154 valence electrons. The van der Waals surface area contributed by atoms with E-state index in [2.05, 4.69) is 20.3 Å². The Morgan fingerprint density at radius 3 is 2.60 bits per heavy atom. The first-order valence-electron chi connectivity index (χ1n) is 9.06. The fourth-order valence-corrected chi connectivity index (χ4v) is 2.90. The Kier molecular flexibility index (Phi) is 6.54. The topological polar surface area (TPSA) is 89.4 Å². The van der Waals surface area contributed by atoms with Crippen LogP contribution in [0.15, 0.2) is 61.1 Å². The van der Waals surface area contributed by atoms with Gasteiger partial charge in [-0.3, -0.25) is 4.98 Å². The van der Waals surface area contributed by atoms with Gasteiger partial charge in [0.15, 0.2) is 11.5 Å². The van der Waals surface area contributed by atoms with Crippen molar-refractivity contribution in [3.8, 4) is 17.2 Å². The minimum absolute atomic E-state index is 0. The predicted octanol–water partition coefficient (Wildman–Crippen LogP) is 4.79. The number of fused-ring (bicyclic) bond motifs is 1. The number of aromatic hydroxyl groups is 1. The van der Waals surface area contributed by atoms with Gasteiger partial charge in [-0.05, 0) is 36.8 Å². The first kappa shape index (κ1) is 21.1. The molecule has 2 aromatic carbocycles. The molecule has 2 heterocycles. The zero-order chi connectivity index (χ0) is 20.2. The minimum atomic E-state index is 0. The fourth-order valence-electron chi connectivity index (χ4n) is 2.90. The SMILES string of the molecule is COc1cc2c(Nc3ccc(C)c(O)c3)ncnc2cc1OCc1ccccn1.Cl. The summed E-state index contributed by atoms with van der Waals surface area (Å²) in [5.41, 5.74) is 3.05. The Morgan fingerprint density at radius 2 is 1.87 bits per heavy atom. The maximum atomic E-state index is 9.95. The molecule has 0 bridgehead atoms. The summed E-state index contributed by atoms with van der Waals surface area (Å²) in [6.45, 7) is 2.16. The third kappa shape index (κ3) is 4.52. The van der Waals surface area contributed by atoms with Crippen LogP contribution in [0.3, 0.4) is 0 Å². The molecule has 2 aromatic heterocycles. The van der Waals surface area contributed by atoms with Gasteiger partial charge in [-0.25, -0.2) is 9.97 Å². The van der Waals surface area contributed by atoms with Crippen molar-refractivity contribution in [1.29, 1.82) is 0 Å². The van der Waals surface area contributed by atoms with E-state index in [-0.39, 0.29) is 18.2 Å². The van der Waals surface area contributed by atoms with Crippen LogP contribution in [-0.2, 0) is 6.61 Å². The van der Waals surface area contributed by atoms with Crippen molar-refractivity contribution in [2.45, 2.75) is 13.5 Å². The number of halogens is 1. The lowest BCUT2D eigenvalue weighted by atomic mass is 10.2. The molecule has 4 rings (SSSR count). The molecule has 0 radical (unpaired) electrons. The van der Waals surface area contributed by atoms with Crippen LogP contribution in [0.4, 0.5) is 11.5 Å². The van der Waals surface area contributed by atoms with Crippen LogP contribution in [-0.4, -0.2) is 27.2 Å². The summed E-state index contributed by atoms with van der Waals surface area (Å²) in [5.74, 6) is 1.96. The lowest BCUT2D eigenvalue weighted by Gasteiger charge is -2.14. The molecule has 4 aromatic rings. The number of hydrogen-bond donors (Lipinski definition) is 2. The molecule has 8 heteroatoms. The molecule has 0 aliphatic carbocycles. The first-order valence-corrected chi connectivity index (χ1v) is 9.06. The summed E-state index contributed by atoms with van der Waals surface area (Å²) in [6, 6.07) is 14.7. The van der Waals surface area contributed by atoms with Crippen molar-refractivity contribution < 1.29 is 14.6 Å². The zero-order valence-corrected chi connectivity index (χ0v) is 17.3. The standard InChI is InChI=1S/C22H20N4O3.ClH/c1-14-6-7-15(9-19(14)27)26-22-17-10-20(28-2)21(11-18(17)24-13-25-22)29-12-16-5-3-4-8-23-16;/h3-11,13,27H,12H2,1-2H3,(H,24,25,26);1H. The van der Waals surface area contributed by atoms with Crippen LogP contribution >= 0.6 is 12.4 Å². The highest BCUT2D eigenvalue weighted by molar-refractivity contribution is 5.93. The van der Waals surface area contributed by atoms with Crippen molar-refractivity contribution in [3.63, 3.8) is 0 Å². The number of phenols is 1. The number of pyridine rings is 1. The molecule has 0 spiro atoms. The van der Waals surface area contributed by atoms with Gasteiger partial charge >= 0.3 is 0 Å². The quantitative estimate of drug-likeness (QED) is 0.459. The molecule has 0 unspecified atom stereocenters. The van der Waals surface area contributed by atoms with E-state index in [0.29, 0.717) is 29.4 Å². The molecule has 0 saturated carbocycles. The van der Waals surface area contributed by atoms with Crippen molar-refractivity contribution >= 4 is 34.8 Å². The van der Waals surface area contributed by atoms with Crippen molar-refractivity contribution in [3.05, 3.63) is 72.3 Å². The van der Waals surface area contributed by atoms with Crippen LogP contribution in [0.2, 0.25) is 0 Å². The molecule has 0 aliphatic heterocycles. The normalized spacial score (nSPS) is 10.3. The van der Waals surface area contributed by atoms with Gasteiger partial charge in [0.1, 0.15) is 24.5 Å². The predicted molar refractivity (Wildman–Crippen MR) is 118 cm³/mol. The van der Waals surface area contributed by atoms with Gasteiger partial charge in [-0.2, -0.15) is 0 Å². The van der Waals surface area contributed by atoms with E-state index in [4.69, 9.17) is 9.47 Å². The van der Waals surface area contributed by atoms with Crippen molar-refractivity contribution in [1.82, 2.24) is 15.0 Å². The highest BCUT2D eigenvalue weighted by atomic mass is 35.5. The Bertz CT molecular complexity index is 1160. The number of hydrogen-bond acceptors (Lipinski definition) is 7. The largest absolute Gasteiger partial charge is 0.508 e. The Morgan fingerprint density at radius 1 is 1.00 bits per heavy atom. The molecule has 0 saturated heterocycles. The number of rotatable bonds is 6. The monoisotopic (exact) mass is 424 g/mol. The van der Waals surface area contributed by atoms with Gasteiger partial charge in [0.2, 0.25) is 0 Å². The second-order valence-corrected chi connectivity index (χ2v) is 6.48. The molecule has 7 nitrogen and oxygen atoms in total. The summed E-state index contributed by atoms with van der Waals surface area (Å²) >= 11 is 0. The Labute approximate surface area is 180 Å². The summed E-state index contributed by atoms with van der Waals surface area (Å²) < 4.78 is 11.4. The van der Waals surface area contributed by atoms with Gasteiger partial charge in [-0.1, -0.05) is 12.1 Å². The van der Waals surface area contributed by atoms with E-state index in [9.17, 15) is 5.11 Å². The minimum Gasteiger partial charge on any atom is -0.508 e. The molecule has 30 heavy (non-hydrogen) atoms. The number of aromatic nitrogens is 3. The fraction of sp³-hybridized carbons (Fsp3) is 0.136. The third-order valence-electron chi connectivity index (χ3n) is 4.49. The van der Waals surface area contributed by atoms with E-state index in [1.807, 2.05) is 49.4 Å². The van der Waals surface area contributed by atoms with E-state index in [1.165, 1.54) is 6.33 Å². The van der Waals surface area contributed by atoms with Crippen molar-refractivity contribution in [2.75, 3.05) is 12.4 Å². The van der Waals surface area contributed by atoms with Crippen LogP contribution in [0.1, 0.15) is 11.3 Å². The number of nitrogens with one attached hydrogen (secondary N) is 1. The highest BCUT2D eigenvalue weighted by Gasteiger charge is 2.12. The summed E-state index contributed by atoms with van der Waals surface area (Å²) in [7, 11) is 1.59.